The maximum Gasteiger partial charge on any atom is 0.256 e. The molecule has 0 aliphatic carbocycles. The summed E-state index contributed by atoms with van der Waals surface area (Å²) in [5.41, 5.74) is 3.11. The first-order chi connectivity index (χ1) is 11.2. The smallest absolute Gasteiger partial charge is 0.256 e. The van der Waals surface area contributed by atoms with Crippen LogP contribution in [0.3, 0.4) is 0 Å². The molecular formula is C18H12ClN3O. The Hall–Kier alpha value is -2.85. The first-order valence-corrected chi connectivity index (χ1v) is 7.52. The summed E-state index contributed by atoms with van der Waals surface area (Å²) in [5, 5.41) is 3.44. The molecule has 4 rings (SSSR count). The van der Waals surface area contributed by atoms with Gasteiger partial charge in [0.25, 0.3) is 5.91 Å². The largest absolute Gasteiger partial charge is 0.321 e. The molecule has 3 aromatic rings. The van der Waals surface area contributed by atoms with Gasteiger partial charge in [-0.15, -0.1) is 0 Å². The predicted octanol–water partition coefficient (Wildman–Crippen LogP) is 4.02. The van der Waals surface area contributed by atoms with Gasteiger partial charge in [-0.25, -0.2) is 4.98 Å². The molecule has 23 heavy (non-hydrogen) atoms. The lowest BCUT2D eigenvalue weighted by atomic mass is 10.1. The summed E-state index contributed by atoms with van der Waals surface area (Å²) < 4.78 is 1.93. The van der Waals surface area contributed by atoms with Crippen molar-refractivity contribution in [3.8, 4) is 5.69 Å². The zero-order valence-electron chi connectivity index (χ0n) is 12.0. The lowest BCUT2D eigenvalue weighted by Crippen LogP contribution is -2.04. The number of carbonyl (C=O) groups is 1. The Morgan fingerprint density at radius 3 is 2.78 bits per heavy atom. The lowest BCUT2D eigenvalue weighted by molar-refractivity contribution is -0.110. The van der Waals surface area contributed by atoms with Gasteiger partial charge in [0.1, 0.15) is 5.82 Å². The fraction of sp³-hybridized carbons (Fsp3) is 0. The average Bonchev–Trinajstić information content (AvgIpc) is 3.14. The molecule has 1 aliphatic rings. The number of hydrogen-bond acceptors (Lipinski definition) is 2. The van der Waals surface area contributed by atoms with E-state index in [0.29, 0.717) is 16.4 Å². The molecule has 4 nitrogen and oxygen atoms in total. The van der Waals surface area contributed by atoms with Gasteiger partial charge in [-0.2, -0.15) is 0 Å². The van der Waals surface area contributed by atoms with Gasteiger partial charge in [-0.05, 0) is 36.4 Å². The second-order valence-electron chi connectivity index (χ2n) is 5.19. The number of hydrogen-bond donors (Lipinski definition) is 1. The molecule has 1 N–H and O–H groups in total. The van der Waals surface area contributed by atoms with Crippen LogP contribution in [0.1, 0.15) is 11.4 Å². The highest BCUT2D eigenvalue weighted by atomic mass is 35.5. The van der Waals surface area contributed by atoms with Crippen LogP contribution in [-0.4, -0.2) is 15.5 Å². The third-order valence-electron chi connectivity index (χ3n) is 3.74. The number of amides is 1. The minimum absolute atomic E-state index is 0.148. The van der Waals surface area contributed by atoms with Crippen molar-refractivity contribution in [2.45, 2.75) is 0 Å². The number of halogens is 1. The molecule has 0 atom stereocenters. The Kier molecular flexibility index (Phi) is 3.24. The van der Waals surface area contributed by atoms with Gasteiger partial charge in [0.05, 0.1) is 5.57 Å². The van der Waals surface area contributed by atoms with Crippen molar-refractivity contribution in [1.29, 1.82) is 0 Å². The van der Waals surface area contributed by atoms with Crippen LogP contribution in [0.15, 0.2) is 60.9 Å². The molecule has 0 saturated carbocycles. The minimum atomic E-state index is -0.148. The molecule has 1 aliphatic heterocycles. The van der Waals surface area contributed by atoms with E-state index in [2.05, 4.69) is 10.3 Å². The maximum absolute atomic E-state index is 12.3. The fourth-order valence-corrected chi connectivity index (χ4v) is 2.83. The SMILES string of the molecule is O=C1Nc2ccc(Cl)cc2/C1=C/c1nccn1-c1ccccc1. The number of carbonyl (C=O) groups excluding carboxylic acids is 1. The van der Waals surface area contributed by atoms with E-state index in [9.17, 15) is 4.79 Å². The summed E-state index contributed by atoms with van der Waals surface area (Å²) in [7, 11) is 0. The first-order valence-electron chi connectivity index (χ1n) is 7.14. The molecular weight excluding hydrogens is 310 g/mol. The fourth-order valence-electron chi connectivity index (χ4n) is 2.66. The minimum Gasteiger partial charge on any atom is -0.321 e. The molecule has 0 saturated heterocycles. The Morgan fingerprint density at radius 1 is 1.13 bits per heavy atom. The molecule has 2 heterocycles. The number of nitrogens with one attached hydrogen (secondary N) is 1. The molecule has 1 amide bonds. The summed E-state index contributed by atoms with van der Waals surface area (Å²) in [6.45, 7) is 0. The third kappa shape index (κ3) is 2.43. The van der Waals surface area contributed by atoms with Crippen LogP contribution in [0.2, 0.25) is 5.02 Å². The van der Waals surface area contributed by atoms with Gasteiger partial charge in [0, 0.05) is 34.4 Å². The van der Waals surface area contributed by atoms with Gasteiger partial charge in [0.2, 0.25) is 0 Å². The normalized spacial score (nSPS) is 14.8. The number of anilines is 1. The highest BCUT2D eigenvalue weighted by Gasteiger charge is 2.24. The van der Waals surface area contributed by atoms with Crippen molar-refractivity contribution in [3.63, 3.8) is 0 Å². The highest BCUT2D eigenvalue weighted by molar-refractivity contribution is 6.36. The van der Waals surface area contributed by atoms with E-state index in [1.807, 2.05) is 41.1 Å². The molecule has 0 spiro atoms. The van der Waals surface area contributed by atoms with Crippen LogP contribution in [-0.2, 0) is 4.79 Å². The van der Waals surface area contributed by atoms with E-state index < -0.39 is 0 Å². The number of benzene rings is 2. The van der Waals surface area contributed by atoms with Gasteiger partial charge in [0.15, 0.2) is 0 Å². The van der Waals surface area contributed by atoms with Gasteiger partial charge in [-0.3, -0.25) is 4.79 Å². The van der Waals surface area contributed by atoms with Crippen LogP contribution in [0, 0.1) is 0 Å². The highest BCUT2D eigenvalue weighted by Crippen LogP contribution is 2.34. The molecule has 0 radical (unpaired) electrons. The van der Waals surface area contributed by atoms with E-state index >= 15 is 0 Å². The lowest BCUT2D eigenvalue weighted by Gasteiger charge is -2.05. The zero-order chi connectivity index (χ0) is 15.8. The van der Waals surface area contributed by atoms with E-state index in [-0.39, 0.29) is 5.91 Å². The van der Waals surface area contributed by atoms with E-state index in [0.717, 1.165) is 16.9 Å². The molecule has 0 unspecified atom stereocenters. The van der Waals surface area contributed by atoms with Gasteiger partial charge < -0.3 is 9.88 Å². The average molecular weight is 322 g/mol. The Morgan fingerprint density at radius 2 is 1.96 bits per heavy atom. The van der Waals surface area contributed by atoms with E-state index in [4.69, 9.17) is 11.6 Å². The van der Waals surface area contributed by atoms with Crippen molar-refractivity contribution in [3.05, 3.63) is 77.3 Å². The third-order valence-corrected chi connectivity index (χ3v) is 3.98. The second kappa shape index (κ2) is 5.41. The summed E-state index contributed by atoms with van der Waals surface area (Å²) >= 11 is 6.06. The maximum atomic E-state index is 12.3. The van der Waals surface area contributed by atoms with Crippen LogP contribution in [0.4, 0.5) is 5.69 Å². The predicted molar refractivity (Wildman–Crippen MR) is 91.5 cm³/mol. The summed E-state index contributed by atoms with van der Waals surface area (Å²) in [4.78, 5) is 16.6. The summed E-state index contributed by atoms with van der Waals surface area (Å²) in [6, 6.07) is 15.2. The Labute approximate surface area is 138 Å². The van der Waals surface area contributed by atoms with Crippen molar-refractivity contribution in [1.82, 2.24) is 9.55 Å². The topological polar surface area (TPSA) is 46.9 Å². The molecule has 1 aromatic heterocycles. The first kappa shape index (κ1) is 13.8. The summed E-state index contributed by atoms with van der Waals surface area (Å²) in [6.07, 6.45) is 5.36. The summed E-state index contributed by atoms with van der Waals surface area (Å²) in [5.74, 6) is 0.541. The molecule has 0 fully saturated rings. The quantitative estimate of drug-likeness (QED) is 0.725. The molecule has 112 valence electrons. The van der Waals surface area contributed by atoms with E-state index in [1.54, 1.807) is 30.5 Å². The molecule has 5 heteroatoms. The standard InChI is InChI=1S/C18H12ClN3O/c19-12-6-7-16-14(10-12)15(18(23)21-16)11-17-20-8-9-22(17)13-4-2-1-3-5-13/h1-11H,(H,21,23)/b15-11-. The van der Waals surface area contributed by atoms with Gasteiger partial charge >= 0.3 is 0 Å². The number of fused-ring (bicyclic) bond motifs is 1. The van der Waals surface area contributed by atoms with Crippen molar-refractivity contribution in [2.24, 2.45) is 0 Å². The van der Waals surface area contributed by atoms with Gasteiger partial charge in [-0.1, -0.05) is 29.8 Å². The Balaban J connectivity index is 1.83. The number of nitrogens with zero attached hydrogens (tertiary/aromatic N) is 2. The second-order valence-corrected chi connectivity index (χ2v) is 5.63. The number of para-hydroxylation sites is 1. The van der Waals surface area contributed by atoms with Crippen LogP contribution in [0.5, 0.6) is 0 Å². The number of imidazole rings is 1. The van der Waals surface area contributed by atoms with Crippen molar-refractivity contribution in [2.75, 3.05) is 5.32 Å². The molecule has 0 bridgehead atoms. The number of rotatable bonds is 2. The monoisotopic (exact) mass is 321 g/mol. The molecule has 2 aromatic carbocycles. The van der Waals surface area contributed by atoms with Crippen LogP contribution < -0.4 is 5.32 Å². The Bertz CT molecular complexity index is 928. The van der Waals surface area contributed by atoms with Crippen LogP contribution in [0.25, 0.3) is 17.3 Å². The van der Waals surface area contributed by atoms with Crippen molar-refractivity contribution >= 4 is 34.8 Å². The van der Waals surface area contributed by atoms with E-state index in [1.165, 1.54) is 0 Å². The zero-order valence-corrected chi connectivity index (χ0v) is 12.8. The number of aromatic nitrogens is 2. The van der Waals surface area contributed by atoms with Crippen LogP contribution >= 0.6 is 11.6 Å². The van der Waals surface area contributed by atoms with Crippen molar-refractivity contribution < 1.29 is 4.79 Å².